The van der Waals surface area contributed by atoms with E-state index in [0.717, 1.165) is 12.7 Å². The van der Waals surface area contributed by atoms with Crippen LogP contribution >= 0.6 is 0 Å². The zero-order chi connectivity index (χ0) is 9.61. The van der Waals surface area contributed by atoms with Crippen LogP contribution in [0.5, 0.6) is 0 Å². The molecule has 0 heterocycles. The normalized spacial score (nSPS) is 15.0. The highest BCUT2D eigenvalue weighted by Crippen LogP contribution is 2.15. The molecule has 0 aromatic heterocycles. The van der Waals surface area contributed by atoms with Crippen molar-refractivity contribution in [3.05, 3.63) is 11.6 Å². The fraction of sp³-hybridized carbons (Fsp3) is 0.700. The number of carbonyl (C=O) groups is 1. The molecule has 0 rings (SSSR count). The minimum Gasteiger partial charge on any atom is -0.390 e. The molecule has 70 valence electrons. The summed E-state index contributed by atoms with van der Waals surface area (Å²) in [7, 11) is 0. The Hall–Kier alpha value is -0.630. The Morgan fingerprint density at radius 3 is 2.50 bits per heavy atom. The molecule has 0 saturated carbocycles. The van der Waals surface area contributed by atoms with E-state index in [2.05, 4.69) is 6.08 Å². The number of rotatable bonds is 5. The molecule has 2 nitrogen and oxygen atoms in total. The first-order valence-electron chi connectivity index (χ1n) is 4.27. The van der Waals surface area contributed by atoms with Gasteiger partial charge in [-0.05, 0) is 33.6 Å². The molecule has 2 heteroatoms. The Morgan fingerprint density at radius 1 is 1.50 bits per heavy atom. The van der Waals surface area contributed by atoms with Crippen molar-refractivity contribution in [2.24, 2.45) is 0 Å². The fourth-order valence-electron chi connectivity index (χ4n) is 0.953. The SMILES string of the molecule is CC(C)=CCCC(C)(O)CC=O. The van der Waals surface area contributed by atoms with E-state index in [9.17, 15) is 9.90 Å². The summed E-state index contributed by atoms with van der Waals surface area (Å²) in [6.07, 6.45) is 4.55. The van der Waals surface area contributed by atoms with Gasteiger partial charge in [0.25, 0.3) is 0 Å². The van der Waals surface area contributed by atoms with Crippen LogP contribution in [0.1, 0.15) is 40.0 Å². The topological polar surface area (TPSA) is 37.3 Å². The minimum atomic E-state index is -0.826. The summed E-state index contributed by atoms with van der Waals surface area (Å²) in [4.78, 5) is 10.1. The molecule has 0 aromatic rings. The van der Waals surface area contributed by atoms with E-state index in [1.54, 1.807) is 6.92 Å². The van der Waals surface area contributed by atoms with Crippen LogP contribution in [0, 0.1) is 0 Å². The monoisotopic (exact) mass is 170 g/mol. The van der Waals surface area contributed by atoms with Crippen molar-refractivity contribution in [1.82, 2.24) is 0 Å². The van der Waals surface area contributed by atoms with Crippen molar-refractivity contribution < 1.29 is 9.90 Å². The Kier molecular flexibility index (Phi) is 4.83. The highest BCUT2D eigenvalue weighted by Gasteiger charge is 2.17. The van der Waals surface area contributed by atoms with Crippen LogP contribution < -0.4 is 0 Å². The van der Waals surface area contributed by atoms with Crippen LogP contribution in [-0.2, 0) is 4.79 Å². The summed E-state index contributed by atoms with van der Waals surface area (Å²) in [6.45, 7) is 5.74. The summed E-state index contributed by atoms with van der Waals surface area (Å²) in [6, 6.07) is 0. The lowest BCUT2D eigenvalue weighted by Crippen LogP contribution is -2.23. The van der Waals surface area contributed by atoms with Gasteiger partial charge in [0, 0.05) is 6.42 Å². The Morgan fingerprint density at radius 2 is 2.08 bits per heavy atom. The van der Waals surface area contributed by atoms with E-state index in [-0.39, 0.29) is 6.42 Å². The number of aldehydes is 1. The van der Waals surface area contributed by atoms with Gasteiger partial charge in [-0.2, -0.15) is 0 Å². The van der Waals surface area contributed by atoms with E-state index in [0.29, 0.717) is 6.42 Å². The van der Waals surface area contributed by atoms with Crippen molar-refractivity contribution in [2.75, 3.05) is 0 Å². The van der Waals surface area contributed by atoms with E-state index >= 15 is 0 Å². The highest BCUT2D eigenvalue weighted by atomic mass is 16.3. The van der Waals surface area contributed by atoms with Crippen molar-refractivity contribution in [1.29, 1.82) is 0 Å². The maximum Gasteiger partial charge on any atom is 0.122 e. The first-order chi connectivity index (χ1) is 5.48. The van der Waals surface area contributed by atoms with E-state index < -0.39 is 5.60 Å². The third kappa shape index (κ3) is 6.10. The molecule has 0 spiro atoms. The molecule has 0 aromatic carbocycles. The zero-order valence-electron chi connectivity index (χ0n) is 8.13. The number of carbonyl (C=O) groups excluding carboxylic acids is 1. The predicted octanol–water partition coefficient (Wildman–Crippen LogP) is 2.07. The van der Waals surface area contributed by atoms with Gasteiger partial charge in [0.1, 0.15) is 6.29 Å². The molecule has 0 aliphatic carbocycles. The number of hydrogen-bond acceptors (Lipinski definition) is 2. The van der Waals surface area contributed by atoms with E-state index in [1.807, 2.05) is 13.8 Å². The number of aliphatic hydroxyl groups is 1. The van der Waals surface area contributed by atoms with Crippen LogP contribution in [0.15, 0.2) is 11.6 Å². The average Bonchev–Trinajstić information content (AvgIpc) is 1.85. The molecule has 0 aliphatic rings. The molecule has 0 saturated heterocycles. The van der Waals surface area contributed by atoms with E-state index in [4.69, 9.17) is 0 Å². The summed E-state index contributed by atoms with van der Waals surface area (Å²) in [5.41, 5.74) is 0.421. The fourth-order valence-corrected chi connectivity index (χ4v) is 0.953. The molecule has 0 amide bonds. The quantitative estimate of drug-likeness (QED) is 0.506. The Bertz CT molecular complexity index is 165. The first-order valence-corrected chi connectivity index (χ1v) is 4.27. The van der Waals surface area contributed by atoms with Crippen molar-refractivity contribution in [3.63, 3.8) is 0 Å². The number of hydrogen-bond donors (Lipinski definition) is 1. The Balaban J connectivity index is 3.75. The van der Waals surface area contributed by atoms with Gasteiger partial charge in [0.15, 0.2) is 0 Å². The van der Waals surface area contributed by atoms with Crippen LogP contribution in [0.3, 0.4) is 0 Å². The molecule has 12 heavy (non-hydrogen) atoms. The second kappa shape index (κ2) is 5.09. The van der Waals surface area contributed by atoms with Gasteiger partial charge < -0.3 is 9.90 Å². The summed E-state index contributed by atoms with van der Waals surface area (Å²) < 4.78 is 0. The van der Waals surface area contributed by atoms with Gasteiger partial charge in [-0.1, -0.05) is 11.6 Å². The maximum absolute atomic E-state index is 10.1. The lowest BCUT2D eigenvalue weighted by Gasteiger charge is -2.19. The molecule has 1 N–H and O–H groups in total. The average molecular weight is 170 g/mol. The van der Waals surface area contributed by atoms with Crippen molar-refractivity contribution >= 4 is 6.29 Å². The molecule has 1 atom stereocenters. The summed E-state index contributed by atoms with van der Waals surface area (Å²) in [5.74, 6) is 0. The van der Waals surface area contributed by atoms with E-state index in [1.165, 1.54) is 5.57 Å². The van der Waals surface area contributed by atoms with Crippen LogP contribution in [0.4, 0.5) is 0 Å². The third-order valence-corrected chi connectivity index (χ3v) is 1.76. The van der Waals surface area contributed by atoms with Gasteiger partial charge >= 0.3 is 0 Å². The highest BCUT2D eigenvalue weighted by molar-refractivity contribution is 5.51. The summed E-state index contributed by atoms with van der Waals surface area (Å²) in [5, 5.41) is 9.57. The Labute approximate surface area is 74.3 Å². The molecule has 0 bridgehead atoms. The second-order valence-electron chi connectivity index (χ2n) is 3.69. The second-order valence-corrected chi connectivity index (χ2v) is 3.69. The maximum atomic E-state index is 10.1. The van der Waals surface area contributed by atoms with Crippen LogP contribution in [-0.4, -0.2) is 17.0 Å². The lowest BCUT2D eigenvalue weighted by molar-refractivity contribution is -0.111. The summed E-state index contributed by atoms with van der Waals surface area (Å²) >= 11 is 0. The molecular weight excluding hydrogens is 152 g/mol. The zero-order valence-corrected chi connectivity index (χ0v) is 8.13. The van der Waals surface area contributed by atoms with Gasteiger partial charge in [-0.15, -0.1) is 0 Å². The van der Waals surface area contributed by atoms with Gasteiger partial charge in [-0.3, -0.25) is 0 Å². The van der Waals surface area contributed by atoms with Gasteiger partial charge in [0.2, 0.25) is 0 Å². The van der Waals surface area contributed by atoms with Crippen LogP contribution in [0.25, 0.3) is 0 Å². The molecule has 0 aliphatic heterocycles. The number of allylic oxidation sites excluding steroid dienone is 2. The largest absolute Gasteiger partial charge is 0.390 e. The standard InChI is InChI=1S/C10H18O2/c1-9(2)5-4-6-10(3,12)7-8-11/h5,8,12H,4,6-7H2,1-3H3. The molecule has 0 radical (unpaired) electrons. The van der Waals surface area contributed by atoms with Crippen molar-refractivity contribution in [3.8, 4) is 0 Å². The third-order valence-electron chi connectivity index (χ3n) is 1.76. The predicted molar refractivity (Wildman–Crippen MR) is 50.0 cm³/mol. The van der Waals surface area contributed by atoms with Gasteiger partial charge in [0.05, 0.1) is 5.60 Å². The smallest absolute Gasteiger partial charge is 0.122 e. The molecule has 1 unspecified atom stereocenters. The minimum absolute atomic E-state index is 0.226. The van der Waals surface area contributed by atoms with Crippen molar-refractivity contribution in [2.45, 2.75) is 45.6 Å². The molecule has 0 fully saturated rings. The van der Waals surface area contributed by atoms with Gasteiger partial charge in [-0.25, -0.2) is 0 Å². The lowest BCUT2D eigenvalue weighted by atomic mass is 9.96. The molecular formula is C10H18O2. The van der Waals surface area contributed by atoms with Crippen LogP contribution in [0.2, 0.25) is 0 Å². The first kappa shape index (κ1) is 11.4.